The summed E-state index contributed by atoms with van der Waals surface area (Å²) in [7, 11) is 0. The number of esters is 2. The highest BCUT2D eigenvalue weighted by atomic mass is 79.9. The van der Waals surface area contributed by atoms with Crippen LogP contribution in [-0.4, -0.2) is 40.3 Å². The molecule has 10 heteroatoms. The summed E-state index contributed by atoms with van der Waals surface area (Å²) >= 11 is 3.07. The number of nitrogens with one attached hydrogen (secondary N) is 1. The van der Waals surface area contributed by atoms with E-state index in [4.69, 9.17) is 14.2 Å². The number of H-pyrrole nitrogens is 1. The normalized spacial score (nSPS) is 22.9. The van der Waals surface area contributed by atoms with Crippen LogP contribution in [0.1, 0.15) is 32.1 Å². The molecule has 1 fully saturated rings. The molecule has 0 bridgehead atoms. The summed E-state index contributed by atoms with van der Waals surface area (Å²) in [5.74, 6) is -1.02. The lowest BCUT2D eigenvalue weighted by Gasteiger charge is -2.17. The van der Waals surface area contributed by atoms with Crippen LogP contribution in [0.5, 0.6) is 0 Å². The number of rotatable bonds is 5. The van der Waals surface area contributed by atoms with Gasteiger partial charge in [-0.15, -0.1) is 0 Å². The van der Waals surface area contributed by atoms with E-state index in [2.05, 4.69) is 20.9 Å². The molecule has 2 rings (SSSR count). The number of nitrogens with zero attached hydrogens (tertiary/aromatic N) is 1. The molecule has 25 heavy (non-hydrogen) atoms. The van der Waals surface area contributed by atoms with E-state index in [1.165, 1.54) is 35.7 Å². The molecule has 3 atom stereocenters. The van der Waals surface area contributed by atoms with Crippen molar-refractivity contribution < 1.29 is 23.8 Å². The van der Waals surface area contributed by atoms with Gasteiger partial charge in [0.25, 0.3) is 5.56 Å². The molecular weight excluding hydrogens is 400 g/mol. The van der Waals surface area contributed by atoms with Crippen LogP contribution < -0.4 is 11.2 Å². The van der Waals surface area contributed by atoms with Crippen LogP contribution in [0.2, 0.25) is 0 Å². The summed E-state index contributed by atoms with van der Waals surface area (Å²) in [6, 6.07) is 0. The van der Waals surface area contributed by atoms with Crippen molar-refractivity contribution in [1.29, 1.82) is 0 Å². The van der Waals surface area contributed by atoms with E-state index in [1.54, 1.807) is 0 Å². The average molecular weight is 417 g/mol. The number of carbonyl (C=O) groups excluding carboxylic acids is 2. The summed E-state index contributed by atoms with van der Waals surface area (Å²) in [6.45, 7) is 2.38. The van der Waals surface area contributed by atoms with Crippen LogP contribution in [0, 0.1) is 0 Å². The van der Waals surface area contributed by atoms with Crippen molar-refractivity contribution in [3.8, 4) is 0 Å². The number of aromatic nitrogens is 2. The monoisotopic (exact) mass is 416 g/mol. The molecule has 1 N–H and O–H groups in total. The first-order chi connectivity index (χ1) is 11.8. The maximum Gasteiger partial charge on any atom is 0.330 e. The second-order valence-corrected chi connectivity index (χ2v) is 5.89. The van der Waals surface area contributed by atoms with Gasteiger partial charge in [-0.25, -0.2) is 4.79 Å². The van der Waals surface area contributed by atoms with Gasteiger partial charge in [-0.2, -0.15) is 0 Å². The first-order valence-corrected chi connectivity index (χ1v) is 8.31. The van der Waals surface area contributed by atoms with Gasteiger partial charge >= 0.3 is 17.6 Å². The SMILES string of the molecule is CC(=O)OC[C@H]1O[C@@H](n2cc(/C=C/Br)c(=O)[nH]c2=O)C[C@@H]1OC(C)=O. The van der Waals surface area contributed by atoms with Crippen molar-refractivity contribution >= 4 is 33.9 Å². The predicted molar refractivity (Wildman–Crippen MR) is 90.0 cm³/mol. The maximum atomic E-state index is 12.1. The van der Waals surface area contributed by atoms with Crippen LogP contribution in [0.3, 0.4) is 0 Å². The molecule has 0 saturated carbocycles. The molecule has 0 aliphatic carbocycles. The Balaban J connectivity index is 2.29. The van der Waals surface area contributed by atoms with Gasteiger partial charge in [-0.05, 0) is 11.1 Å². The predicted octanol–water partition coefficient (Wildman–Crippen LogP) is 0.684. The highest BCUT2D eigenvalue weighted by Crippen LogP contribution is 2.30. The van der Waals surface area contributed by atoms with Crippen LogP contribution >= 0.6 is 15.9 Å². The smallest absolute Gasteiger partial charge is 0.330 e. The van der Waals surface area contributed by atoms with Crippen LogP contribution in [0.25, 0.3) is 6.08 Å². The molecule has 1 aromatic rings. The maximum absolute atomic E-state index is 12.1. The first-order valence-electron chi connectivity index (χ1n) is 7.40. The molecule has 0 radical (unpaired) electrons. The van der Waals surface area contributed by atoms with Gasteiger partial charge in [0, 0.05) is 26.5 Å². The van der Waals surface area contributed by atoms with Gasteiger partial charge in [0.15, 0.2) is 0 Å². The zero-order valence-corrected chi connectivity index (χ0v) is 15.1. The van der Waals surface area contributed by atoms with E-state index in [0.717, 1.165) is 0 Å². The lowest BCUT2D eigenvalue weighted by atomic mass is 10.2. The number of aromatic amines is 1. The van der Waals surface area contributed by atoms with Crippen molar-refractivity contribution in [2.24, 2.45) is 0 Å². The second-order valence-electron chi connectivity index (χ2n) is 5.36. The van der Waals surface area contributed by atoms with E-state index in [9.17, 15) is 19.2 Å². The Kier molecular flexibility index (Phi) is 6.32. The zero-order chi connectivity index (χ0) is 18.6. The molecule has 0 spiro atoms. The highest BCUT2D eigenvalue weighted by molar-refractivity contribution is 9.11. The quantitative estimate of drug-likeness (QED) is 0.701. The number of ether oxygens (including phenoxy) is 3. The highest BCUT2D eigenvalue weighted by Gasteiger charge is 2.39. The minimum Gasteiger partial charge on any atom is -0.463 e. The Labute approximate surface area is 150 Å². The number of hydrogen-bond acceptors (Lipinski definition) is 7. The van der Waals surface area contributed by atoms with Crippen molar-refractivity contribution in [1.82, 2.24) is 9.55 Å². The van der Waals surface area contributed by atoms with E-state index >= 15 is 0 Å². The molecule has 9 nitrogen and oxygen atoms in total. The van der Waals surface area contributed by atoms with Gasteiger partial charge in [0.1, 0.15) is 25.0 Å². The van der Waals surface area contributed by atoms with Crippen molar-refractivity contribution in [3.63, 3.8) is 0 Å². The minimum absolute atomic E-state index is 0.115. The van der Waals surface area contributed by atoms with Gasteiger partial charge < -0.3 is 14.2 Å². The van der Waals surface area contributed by atoms with E-state index in [0.29, 0.717) is 0 Å². The van der Waals surface area contributed by atoms with E-state index in [1.807, 2.05) is 0 Å². The lowest BCUT2D eigenvalue weighted by molar-refractivity contribution is -0.155. The third-order valence-electron chi connectivity index (χ3n) is 3.50. The fourth-order valence-electron chi connectivity index (χ4n) is 2.46. The largest absolute Gasteiger partial charge is 0.463 e. The third kappa shape index (κ3) is 4.89. The standard InChI is InChI=1S/C15H17BrN2O7/c1-8(19)23-7-12-11(24-9(2)20)5-13(25-12)18-6-10(3-4-16)14(21)17-15(18)22/h3-4,6,11-13H,5,7H2,1-2H3,(H,17,21,22)/b4-3+/t11-,12+,13+/m0/s1. The molecule has 0 amide bonds. The van der Waals surface area contributed by atoms with Crippen molar-refractivity contribution in [2.45, 2.75) is 38.7 Å². The summed E-state index contributed by atoms with van der Waals surface area (Å²) in [5.41, 5.74) is -0.952. The average Bonchev–Trinajstić information content (AvgIpc) is 2.90. The molecule has 1 aliphatic heterocycles. The molecule has 1 aromatic heterocycles. The fourth-order valence-corrected chi connectivity index (χ4v) is 2.74. The Morgan fingerprint density at radius 3 is 2.72 bits per heavy atom. The Bertz CT molecular complexity index is 798. The van der Waals surface area contributed by atoms with Gasteiger partial charge in [0.05, 0.1) is 5.56 Å². The van der Waals surface area contributed by atoms with E-state index < -0.39 is 41.6 Å². The van der Waals surface area contributed by atoms with Gasteiger partial charge in [-0.1, -0.05) is 15.9 Å². The molecule has 1 saturated heterocycles. The summed E-state index contributed by atoms with van der Waals surface area (Å²) in [4.78, 5) is 49.8. The van der Waals surface area contributed by atoms with Gasteiger partial charge in [-0.3, -0.25) is 23.9 Å². The summed E-state index contributed by atoms with van der Waals surface area (Å²) in [5, 5.41) is 0. The number of carbonyl (C=O) groups is 2. The summed E-state index contributed by atoms with van der Waals surface area (Å²) in [6.07, 6.45) is 0.820. The first kappa shape index (κ1) is 19.1. The Morgan fingerprint density at radius 2 is 2.12 bits per heavy atom. The van der Waals surface area contributed by atoms with Crippen LogP contribution in [0.15, 0.2) is 20.8 Å². The van der Waals surface area contributed by atoms with Gasteiger partial charge in [0.2, 0.25) is 0 Å². The van der Waals surface area contributed by atoms with E-state index in [-0.39, 0.29) is 18.6 Å². The number of hydrogen-bond donors (Lipinski definition) is 1. The molecule has 136 valence electrons. The van der Waals surface area contributed by atoms with Crippen molar-refractivity contribution in [2.75, 3.05) is 6.61 Å². The molecule has 1 aliphatic rings. The Hall–Kier alpha value is -2.20. The third-order valence-corrected chi connectivity index (χ3v) is 3.76. The molecular formula is C15H17BrN2O7. The fraction of sp³-hybridized carbons (Fsp3) is 0.467. The lowest BCUT2D eigenvalue weighted by Crippen LogP contribution is -2.33. The topological polar surface area (TPSA) is 117 Å². The molecule has 0 aromatic carbocycles. The summed E-state index contributed by atoms with van der Waals surface area (Å²) < 4.78 is 17.0. The number of halogens is 1. The second kappa shape index (κ2) is 8.26. The Morgan fingerprint density at radius 1 is 1.40 bits per heavy atom. The zero-order valence-electron chi connectivity index (χ0n) is 13.6. The van der Waals surface area contributed by atoms with Crippen LogP contribution in [-0.2, 0) is 23.8 Å². The molecule has 2 heterocycles. The minimum atomic E-state index is -0.781. The van der Waals surface area contributed by atoms with Crippen molar-refractivity contribution in [3.05, 3.63) is 37.6 Å². The van der Waals surface area contributed by atoms with Crippen LogP contribution in [0.4, 0.5) is 0 Å². The molecule has 0 unspecified atom stereocenters.